The van der Waals surface area contributed by atoms with Crippen LogP contribution in [0.1, 0.15) is 29.9 Å². The number of halogens is 6. The predicted octanol–water partition coefficient (Wildman–Crippen LogP) is 5.19. The van der Waals surface area contributed by atoms with Gasteiger partial charge >= 0.3 is 6.18 Å². The van der Waals surface area contributed by atoms with Gasteiger partial charge in [0.25, 0.3) is 0 Å². The number of nitrogens with zero attached hydrogens (tertiary/aromatic N) is 4. The van der Waals surface area contributed by atoms with E-state index in [1.807, 2.05) is 6.07 Å². The fraction of sp³-hybridized carbons (Fsp3) is 0.474. The lowest BCUT2D eigenvalue weighted by molar-refractivity contribution is -0.143. The Bertz CT molecular complexity index is 943. The molecule has 164 valence electrons. The Hall–Kier alpha value is -1.29. The zero-order valence-corrected chi connectivity index (χ0v) is 19.4. The van der Waals surface area contributed by atoms with Crippen LogP contribution >= 0.6 is 39.1 Å². The van der Waals surface area contributed by atoms with Gasteiger partial charge in [0, 0.05) is 42.8 Å². The molecule has 1 atom stereocenters. The predicted molar refractivity (Wildman–Crippen MR) is 113 cm³/mol. The Balaban J connectivity index is 1.64. The fourth-order valence-corrected chi connectivity index (χ4v) is 4.40. The molecule has 30 heavy (non-hydrogen) atoms. The molecule has 1 amide bonds. The highest BCUT2D eigenvalue weighted by Crippen LogP contribution is 2.36. The maximum absolute atomic E-state index is 13.1. The van der Waals surface area contributed by atoms with Crippen molar-refractivity contribution in [3.8, 4) is 0 Å². The van der Waals surface area contributed by atoms with Crippen molar-refractivity contribution in [2.24, 2.45) is 0 Å². The van der Waals surface area contributed by atoms with Gasteiger partial charge in [-0.2, -0.15) is 18.3 Å². The van der Waals surface area contributed by atoms with Gasteiger partial charge in [0.05, 0.1) is 10.2 Å². The standard InChI is InChI=1S/C19H20BrCl2F3N4O/c1-11-16(20)17(19(23,24)25)26-29(11)12(2)18(30)28-7-5-27(6-8-28)10-13-3-4-14(21)9-15(13)22/h3-4,9,12H,5-8,10H2,1-2H3. The average Bonchev–Trinajstić information content (AvgIpc) is 2.99. The summed E-state index contributed by atoms with van der Waals surface area (Å²) in [5, 5.41) is 4.81. The van der Waals surface area contributed by atoms with E-state index in [2.05, 4.69) is 25.9 Å². The van der Waals surface area contributed by atoms with Crippen molar-refractivity contribution in [2.75, 3.05) is 26.2 Å². The molecule has 1 aliphatic heterocycles. The van der Waals surface area contributed by atoms with Crippen molar-refractivity contribution in [3.63, 3.8) is 0 Å². The van der Waals surface area contributed by atoms with Crippen LogP contribution in [0.2, 0.25) is 10.0 Å². The summed E-state index contributed by atoms with van der Waals surface area (Å²) in [6.45, 7) is 5.91. The van der Waals surface area contributed by atoms with E-state index in [9.17, 15) is 18.0 Å². The Labute approximate surface area is 190 Å². The number of rotatable bonds is 4. The van der Waals surface area contributed by atoms with Gasteiger partial charge in [0.1, 0.15) is 6.04 Å². The molecular formula is C19H20BrCl2F3N4O. The highest BCUT2D eigenvalue weighted by atomic mass is 79.9. The van der Waals surface area contributed by atoms with Gasteiger partial charge in [-0.25, -0.2) is 0 Å². The normalized spacial score (nSPS) is 16.7. The van der Waals surface area contributed by atoms with Crippen LogP contribution in [0.3, 0.4) is 0 Å². The van der Waals surface area contributed by atoms with Crippen LogP contribution < -0.4 is 0 Å². The molecule has 0 N–H and O–H groups in total. The first-order valence-electron chi connectivity index (χ1n) is 9.26. The third-order valence-electron chi connectivity index (χ3n) is 5.16. The lowest BCUT2D eigenvalue weighted by Crippen LogP contribution is -2.50. The van der Waals surface area contributed by atoms with Gasteiger partial charge in [-0.05, 0) is 47.5 Å². The topological polar surface area (TPSA) is 41.4 Å². The van der Waals surface area contributed by atoms with Gasteiger partial charge in [-0.1, -0.05) is 29.3 Å². The van der Waals surface area contributed by atoms with Gasteiger partial charge in [0.2, 0.25) is 5.91 Å². The highest BCUT2D eigenvalue weighted by molar-refractivity contribution is 9.10. The molecule has 0 saturated carbocycles. The summed E-state index contributed by atoms with van der Waals surface area (Å²) < 4.78 is 40.3. The number of aromatic nitrogens is 2. The molecule has 1 aromatic heterocycles. The van der Waals surface area contributed by atoms with E-state index in [0.29, 0.717) is 42.8 Å². The molecule has 1 aliphatic rings. The van der Waals surface area contributed by atoms with Gasteiger partial charge in [-0.15, -0.1) is 0 Å². The number of carbonyl (C=O) groups excluding carboxylic acids is 1. The van der Waals surface area contributed by atoms with E-state index in [-0.39, 0.29) is 16.1 Å². The third-order valence-corrected chi connectivity index (χ3v) is 6.70. The minimum Gasteiger partial charge on any atom is -0.338 e. The van der Waals surface area contributed by atoms with Crippen LogP contribution in [-0.2, 0) is 17.5 Å². The highest BCUT2D eigenvalue weighted by Gasteiger charge is 2.39. The van der Waals surface area contributed by atoms with E-state index in [1.165, 1.54) is 6.92 Å². The lowest BCUT2D eigenvalue weighted by atomic mass is 10.2. The monoisotopic (exact) mass is 526 g/mol. The van der Waals surface area contributed by atoms with Crippen molar-refractivity contribution in [1.82, 2.24) is 19.6 Å². The summed E-state index contributed by atoms with van der Waals surface area (Å²) in [5.41, 5.74) is 0.189. The van der Waals surface area contributed by atoms with Crippen LogP contribution in [0.4, 0.5) is 13.2 Å². The Kier molecular flexibility index (Phi) is 7.06. The third kappa shape index (κ3) is 4.95. The molecule has 5 nitrogen and oxygen atoms in total. The van der Waals surface area contributed by atoms with Crippen molar-refractivity contribution in [3.05, 3.63) is 49.7 Å². The smallest absolute Gasteiger partial charge is 0.338 e. The van der Waals surface area contributed by atoms with Crippen molar-refractivity contribution < 1.29 is 18.0 Å². The number of amides is 1. The van der Waals surface area contributed by atoms with Crippen molar-refractivity contribution >= 4 is 45.0 Å². The summed E-state index contributed by atoms with van der Waals surface area (Å²) in [6, 6.07) is 4.51. The molecule has 3 rings (SSSR count). The number of piperazine rings is 1. The van der Waals surface area contributed by atoms with Crippen LogP contribution in [0.25, 0.3) is 0 Å². The number of hydrogen-bond acceptors (Lipinski definition) is 3. The molecule has 1 unspecified atom stereocenters. The number of alkyl halides is 3. The van der Waals surface area contributed by atoms with Gasteiger partial charge < -0.3 is 4.90 Å². The quantitative estimate of drug-likeness (QED) is 0.549. The number of carbonyl (C=O) groups is 1. The van der Waals surface area contributed by atoms with Crippen LogP contribution in [-0.4, -0.2) is 51.7 Å². The van der Waals surface area contributed by atoms with E-state index in [1.54, 1.807) is 24.0 Å². The zero-order chi connectivity index (χ0) is 22.2. The molecule has 2 heterocycles. The summed E-state index contributed by atoms with van der Waals surface area (Å²) in [4.78, 5) is 16.7. The maximum atomic E-state index is 13.1. The molecular weight excluding hydrogens is 508 g/mol. The molecule has 0 aliphatic carbocycles. The van der Waals surface area contributed by atoms with Crippen molar-refractivity contribution in [1.29, 1.82) is 0 Å². The first-order valence-corrected chi connectivity index (χ1v) is 10.8. The Morgan fingerprint density at radius 1 is 1.23 bits per heavy atom. The second-order valence-electron chi connectivity index (χ2n) is 7.20. The SMILES string of the molecule is Cc1c(Br)c(C(F)(F)F)nn1C(C)C(=O)N1CCN(Cc2ccc(Cl)cc2Cl)CC1. The van der Waals surface area contributed by atoms with Gasteiger partial charge in [-0.3, -0.25) is 14.4 Å². The molecule has 1 saturated heterocycles. The molecule has 0 radical (unpaired) electrons. The first-order chi connectivity index (χ1) is 14.0. The molecule has 1 aromatic carbocycles. The van der Waals surface area contributed by atoms with Crippen LogP contribution in [0.5, 0.6) is 0 Å². The molecule has 2 aromatic rings. The average molecular weight is 528 g/mol. The molecule has 11 heteroatoms. The first kappa shape index (κ1) is 23.4. The van der Waals surface area contributed by atoms with Crippen LogP contribution in [0, 0.1) is 6.92 Å². The minimum absolute atomic E-state index is 0.140. The molecule has 0 spiro atoms. The summed E-state index contributed by atoms with van der Waals surface area (Å²) in [7, 11) is 0. The fourth-order valence-electron chi connectivity index (χ4n) is 3.44. The largest absolute Gasteiger partial charge is 0.436 e. The Morgan fingerprint density at radius 2 is 1.87 bits per heavy atom. The van der Waals surface area contributed by atoms with E-state index < -0.39 is 17.9 Å². The zero-order valence-electron chi connectivity index (χ0n) is 16.3. The Morgan fingerprint density at radius 3 is 2.40 bits per heavy atom. The minimum atomic E-state index is -4.59. The van der Waals surface area contributed by atoms with E-state index in [4.69, 9.17) is 23.2 Å². The second-order valence-corrected chi connectivity index (χ2v) is 8.84. The van der Waals surface area contributed by atoms with E-state index in [0.717, 1.165) is 10.2 Å². The summed E-state index contributed by atoms with van der Waals surface area (Å²) in [5.74, 6) is -0.258. The summed E-state index contributed by atoms with van der Waals surface area (Å²) >= 11 is 15.1. The van der Waals surface area contributed by atoms with Gasteiger partial charge in [0.15, 0.2) is 5.69 Å². The number of benzene rings is 1. The number of hydrogen-bond donors (Lipinski definition) is 0. The summed E-state index contributed by atoms with van der Waals surface area (Å²) in [6.07, 6.45) is -4.59. The molecule has 1 fully saturated rings. The van der Waals surface area contributed by atoms with E-state index >= 15 is 0 Å². The molecule has 0 bridgehead atoms. The maximum Gasteiger partial charge on any atom is 0.436 e. The lowest BCUT2D eigenvalue weighted by Gasteiger charge is -2.36. The van der Waals surface area contributed by atoms with Crippen molar-refractivity contribution in [2.45, 2.75) is 32.6 Å². The van der Waals surface area contributed by atoms with Crippen LogP contribution in [0.15, 0.2) is 22.7 Å². The second kappa shape index (κ2) is 9.06.